The molecule has 0 aliphatic carbocycles. The number of nitrogens with zero attached hydrogens (tertiary/aromatic N) is 3. The summed E-state index contributed by atoms with van der Waals surface area (Å²) in [4.78, 5) is 62.1. The summed E-state index contributed by atoms with van der Waals surface area (Å²) < 4.78 is 1.01. The number of amides is 4. The van der Waals surface area contributed by atoms with Crippen LogP contribution < -0.4 is 10.6 Å². The minimum Gasteiger partial charge on any atom is -0.345 e. The molecule has 5 atom stereocenters. The van der Waals surface area contributed by atoms with Crippen LogP contribution in [0.3, 0.4) is 0 Å². The van der Waals surface area contributed by atoms with Crippen LogP contribution in [-0.4, -0.2) is 76.2 Å². The van der Waals surface area contributed by atoms with E-state index in [1.165, 1.54) is 0 Å². The molecule has 4 heterocycles. The van der Waals surface area contributed by atoms with E-state index in [-0.39, 0.29) is 47.9 Å². The van der Waals surface area contributed by atoms with Crippen LogP contribution >= 0.6 is 11.3 Å². The van der Waals surface area contributed by atoms with Gasteiger partial charge in [-0.1, -0.05) is 30.3 Å². The summed E-state index contributed by atoms with van der Waals surface area (Å²) in [5.41, 5.74) is 2.52. The minimum absolute atomic E-state index is 0.00756. The summed E-state index contributed by atoms with van der Waals surface area (Å²) in [7, 11) is 0. The Morgan fingerprint density at radius 2 is 1.86 bits per heavy atom. The topological polar surface area (TPSA) is 112 Å². The van der Waals surface area contributed by atoms with Gasteiger partial charge in [0.2, 0.25) is 17.7 Å². The van der Waals surface area contributed by atoms with Gasteiger partial charge in [-0.25, -0.2) is 4.98 Å². The molecule has 0 spiro atoms. The number of aryl methyl sites for hydroxylation is 1. The molecule has 3 aliphatic heterocycles. The fourth-order valence-corrected chi connectivity index (χ4v) is 7.76. The maximum Gasteiger partial charge on any atom is 0.253 e. The molecular weight excluding hydrogens is 550 g/mol. The highest BCUT2D eigenvalue weighted by molar-refractivity contribution is 7.18. The summed E-state index contributed by atoms with van der Waals surface area (Å²) in [6.07, 6.45) is 2.87. The normalized spacial score (nSPS) is 27.0. The van der Waals surface area contributed by atoms with Crippen molar-refractivity contribution < 1.29 is 19.2 Å². The molecule has 2 N–H and O–H groups in total. The zero-order valence-electron chi connectivity index (χ0n) is 24.0. The van der Waals surface area contributed by atoms with Gasteiger partial charge in [0.1, 0.15) is 12.1 Å². The molecule has 3 aromatic rings. The maximum atomic E-state index is 14.2. The van der Waals surface area contributed by atoms with Crippen LogP contribution in [0.2, 0.25) is 0 Å². The smallest absolute Gasteiger partial charge is 0.253 e. The van der Waals surface area contributed by atoms with Crippen molar-refractivity contribution in [2.24, 2.45) is 11.8 Å². The van der Waals surface area contributed by atoms with Crippen LogP contribution in [-0.2, 0) is 20.8 Å². The zero-order valence-corrected chi connectivity index (χ0v) is 24.9. The number of benzene rings is 2. The van der Waals surface area contributed by atoms with Gasteiger partial charge in [0.15, 0.2) is 0 Å². The molecule has 3 saturated heterocycles. The lowest BCUT2D eigenvalue weighted by Gasteiger charge is -2.51. The van der Waals surface area contributed by atoms with E-state index in [1.54, 1.807) is 18.3 Å². The number of aromatic nitrogens is 1. The fraction of sp³-hybridized carbons (Fsp3) is 0.469. The number of fused-ring (bicyclic) bond motifs is 5. The molecule has 0 radical (unpaired) electrons. The van der Waals surface area contributed by atoms with Crippen molar-refractivity contribution >= 4 is 45.2 Å². The molecule has 220 valence electrons. The van der Waals surface area contributed by atoms with E-state index in [9.17, 15) is 19.2 Å². The molecule has 6 rings (SSSR count). The van der Waals surface area contributed by atoms with Gasteiger partial charge in [0.05, 0.1) is 15.2 Å². The lowest BCUT2D eigenvalue weighted by Crippen LogP contribution is -2.63. The monoisotopic (exact) mass is 587 g/mol. The summed E-state index contributed by atoms with van der Waals surface area (Å²) in [6, 6.07) is 13.8. The maximum absolute atomic E-state index is 14.2. The number of piperidine rings is 2. The van der Waals surface area contributed by atoms with Crippen molar-refractivity contribution in [2.75, 3.05) is 19.6 Å². The van der Waals surface area contributed by atoms with Gasteiger partial charge < -0.3 is 20.4 Å². The van der Waals surface area contributed by atoms with Crippen molar-refractivity contribution in [3.8, 4) is 0 Å². The summed E-state index contributed by atoms with van der Waals surface area (Å²) in [6.45, 7) is 5.29. The third-order valence-corrected chi connectivity index (χ3v) is 9.79. The van der Waals surface area contributed by atoms with E-state index in [0.29, 0.717) is 44.5 Å². The number of hydrogen-bond donors (Lipinski definition) is 2. The number of likely N-dealkylation sites (tertiary alicyclic amines) is 1. The van der Waals surface area contributed by atoms with Crippen LogP contribution in [0.25, 0.3) is 10.2 Å². The van der Waals surface area contributed by atoms with E-state index >= 15 is 0 Å². The number of rotatable bonds is 3. The first-order valence-electron chi connectivity index (χ1n) is 14.9. The van der Waals surface area contributed by atoms with Crippen LogP contribution in [0.1, 0.15) is 53.5 Å². The molecule has 0 unspecified atom stereocenters. The van der Waals surface area contributed by atoms with Crippen LogP contribution in [0, 0.1) is 18.8 Å². The lowest BCUT2D eigenvalue weighted by molar-refractivity contribution is -0.145. The SMILES string of the molecule is Cc1nc2ccc(C(=O)N3C[C@@H]4C[C@H](C3)[C@@H]3CCCC(=O)N[C@H](C)C(=O)N[C@@H](Cc5ccccc5)C(=O)N3C4)cc2s1. The van der Waals surface area contributed by atoms with Gasteiger partial charge in [-0.3, -0.25) is 19.2 Å². The number of nitrogens with one attached hydrogen (secondary N) is 2. The quantitative estimate of drug-likeness (QED) is 0.489. The molecular formula is C32H37N5O4S. The largest absolute Gasteiger partial charge is 0.345 e. The predicted octanol–water partition coefficient (Wildman–Crippen LogP) is 3.31. The number of hydrogen-bond acceptors (Lipinski definition) is 6. The lowest BCUT2D eigenvalue weighted by atomic mass is 9.77. The highest BCUT2D eigenvalue weighted by Crippen LogP contribution is 2.37. The number of thiazole rings is 1. The first kappa shape index (κ1) is 28.3. The molecule has 42 heavy (non-hydrogen) atoms. The van der Waals surface area contributed by atoms with Gasteiger partial charge in [-0.2, -0.15) is 0 Å². The van der Waals surface area contributed by atoms with Crippen molar-refractivity contribution in [3.05, 3.63) is 64.7 Å². The molecule has 1 aromatic heterocycles. The van der Waals surface area contributed by atoms with E-state index in [1.807, 2.05) is 65.3 Å². The summed E-state index contributed by atoms with van der Waals surface area (Å²) >= 11 is 1.59. The van der Waals surface area contributed by atoms with Gasteiger partial charge in [0, 0.05) is 44.1 Å². The number of carbonyl (C=O) groups excluding carboxylic acids is 4. The first-order chi connectivity index (χ1) is 20.2. The van der Waals surface area contributed by atoms with Gasteiger partial charge in [0.25, 0.3) is 5.91 Å². The number of carbonyl (C=O) groups is 4. The van der Waals surface area contributed by atoms with E-state index in [4.69, 9.17) is 0 Å². The third-order valence-electron chi connectivity index (χ3n) is 8.85. The van der Waals surface area contributed by atoms with E-state index in [2.05, 4.69) is 15.6 Å². The van der Waals surface area contributed by atoms with Crippen LogP contribution in [0.4, 0.5) is 0 Å². The van der Waals surface area contributed by atoms with Gasteiger partial charge >= 0.3 is 0 Å². The summed E-state index contributed by atoms with van der Waals surface area (Å²) in [5, 5.41) is 6.71. The third kappa shape index (κ3) is 5.90. The Balaban J connectivity index is 1.26. The zero-order chi connectivity index (χ0) is 29.4. The van der Waals surface area contributed by atoms with Crippen molar-refractivity contribution in [3.63, 3.8) is 0 Å². The second-order valence-corrected chi connectivity index (χ2v) is 13.2. The van der Waals surface area contributed by atoms with E-state index < -0.39 is 12.1 Å². The molecule has 3 aliphatic rings. The van der Waals surface area contributed by atoms with Gasteiger partial charge in [-0.05, 0) is 68.7 Å². The van der Waals surface area contributed by atoms with Crippen LogP contribution in [0.5, 0.6) is 0 Å². The second-order valence-electron chi connectivity index (χ2n) is 12.0. The minimum atomic E-state index is -0.743. The molecule has 0 saturated carbocycles. The molecule has 2 aromatic carbocycles. The average molecular weight is 588 g/mol. The Morgan fingerprint density at radius 3 is 2.67 bits per heavy atom. The van der Waals surface area contributed by atoms with E-state index in [0.717, 1.165) is 27.2 Å². The van der Waals surface area contributed by atoms with Crippen molar-refractivity contribution in [1.29, 1.82) is 0 Å². The fourth-order valence-electron chi connectivity index (χ4n) is 6.89. The molecule has 4 amide bonds. The highest BCUT2D eigenvalue weighted by Gasteiger charge is 2.45. The Kier molecular flexibility index (Phi) is 7.98. The molecule has 9 nitrogen and oxygen atoms in total. The van der Waals surface area contributed by atoms with Crippen molar-refractivity contribution in [2.45, 2.75) is 64.1 Å². The Labute approximate surface area is 249 Å². The Morgan fingerprint density at radius 1 is 1.05 bits per heavy atom. The second kappa shape index (κ2) is 11.8. The van der Waals surface area contributed by atoms with Crippen molar-refractivity contribution in [1.82, 2.24) is 25.4 Å². The molecule has 3 fully saturated rings. The standard InChI is InChI=1S/C32H37N5O4S/c1-19-30(39)35-26(14-21-7-4-3-5-8-21)32(41)37-17-22-13-24(27(37)9-6-10-29(38)33-19)18-36(16-22)31(40)23-11-12-25-28(15-23)42-20(2)34-25/h3-5,7-8,11-12,15,19,22,24,26-27H,6,9-10,13-14,16-18H2,1-2H3,(H,33,38)(H,35,39)/t19-,22+,24-,26+,27+/m1/s1. The average Bonchev–Trinajstić information content (AvgIpc) is 3.36. The molecule has 2 bridgehead atoms. The Bertz CT molecular complexity index is 1510. The predicted molar refractivity (Wildman–Crippen MR) is 161 cm³/mol. The first-order valence-corrected chi connectivity index (χ1v) is 15.7. The van der Waals surface area contributed by atoms with Crippen LogP contribution in [0.15, 0.2) is 48.5 Å². The van der Waals surface area contributed by atoms with Gasteiger partial charge in [-0.15, -0.1) is 11.3 Å². The highest BCUT2D eigenvalue weighted by atomic mass is 32.1. The Hall–Kier alpha value is -3.79. The molecule has 10 heteroatoms. The summed E-state index contributed by atoms with van der Waals surface area (Å²) in [5.74, 6) is -0.372.